The fourth-order valence-corrected chi connectivity index (χ4v) is 3.02. The Hall–Kier alpha value is -3.62. The van der Waals surface area contributed by atoms with Gasteiger partial charge in [0.05, 0.1) is 12.0 Å². The molecule has 166 valence electrons. The minimum absolute atomic E-state index is 0.0339. The zero-order valence-corrected chi connectivity index (χ0v) is 17.9. The van der Waals surface area contributed by atoms with Gasteiger partial charge in [-0.2, -0.15) is 0 Å². The highest BCUT2D eigenvalue weighted by Crippen LogP contribution is 2.30. The van der Waals surface area contributed by atoms with Gasteiger partial charge in [-0.3, -0.25) is 19.7 Å². The van der Waals surface area contributed by atoms with Gasteiger partial charge < -0.3 is 19.7 Å². The summed E-state index contributed by atoms with van der Waals surface area (Å²) in [6, 6.07) is 13.0. The Labute approximate surface area is 181 Å². The number of nitro benzene ring substituents is 1. The number of rotatable bonds is 11. The maximum atomic E-state index is 12.9. The van der Waals surface area contributed by atoms with Crippen molar-refractivity contribution >= 4 is 17.5 Å². The Morgan fingerprint density at radius 1 is 1.19 bits per heavy atom. The first-order valence-electron chi connectivity index (χ1n) is 9.93. The van der Waals surface area contributed by atoms with Crippen molar-refractivity contribution in [1.82, 2.24) is 10.2 Å². The summed E-state index contributed by atoms with van der Waals surface area (Å²) in [6.07, 6.45) is 0.585. The number of likely N-dealkylation sites (N-methyl/N-ethyl adjacent to an activating group) is 1. The molecule has 0 saturated heterocycles. The molecule has 2 aromatic rings. The zero-order valence-electron chi connectivity index (χ0n) is 17.9. The molecule has 0 bridgehead atoms. The Morgan fingerprint density at radius 2 is 1.90 bits per heavy atom. The highest BCUT2D eigenvalue weighted by atomic mass is 16.6. The first-order chi connectivity index (χ1) is 14.9. The predicted octanol–water partition coefficient (Wildman–Crippen LogP) is 2.58. The molecule has 0 heterocycles. The van der Waals surface area contributed by atoms with Crippen molar-refractivity contribution in [3.8, 4) is 11.5 Å². The van der Waals surface area contributed by atoms with Crippen LogP contribution in [0.3, 0.4) is 0 Å². The van der Waals surface area contributed by atoms with Gasteiger partial charge in [0.2, 0.25) is 11.7 Å². The van der Waals surface area contributed by atoms with Crippen LogP contribution in [-0.4, -0.2) is 54.5 Å². The number of carbonyl (C=O) groups excluding carboxylic acids is 2. The number of nitrogens with zero attached hydrogens (tertiary/aromatic N) is 2. The fourth-order valence-electron chi connectivity index (χ4n) is 3.02. The molecule has 1 atom stereocenters. The quantitative estimate of drug-likeness (QED) is 0.434. The predicted molar refractivity (Wildman–Crippen MR) is 115 cm³/mol. The van der Waals surface area contributed by atoms with E-state index < -0.39 is 11.0 Å². The van der Waals surface area contributed by atoms with Gasteiger partial charge >= 0.3 is 5.69 Å². The van der Waals surface area contributed by atoms with Crippen LogP contribution in [0.15, 0.2) is 48.5 Å². The number of methoxy groups -OCH3 is 1. The summed E-state index contributed by atoms with van der Waals surface area (Å²) < 4.78 is 10.6. The van der Waals surface area contributed by atoms with Crippen LogP contribution >= 0.6 is 0 Å². The van der Waals surface area contributed by atoms with E-state index in [9.17, 15) is 19.7 Å². The summed E-state index contributed by atoms with van der Waals surface area (Å²) in [5.74, 6) is -0.330. The number of benzene rings is 2. The smallest absolute Gasteiger partial charge is 0.311 e. The molecule has 1 N–H and O–H groups in total. The molecule has 0 aliphatic carbocycles. The van der Waals surface area contributed by atoms with Gasteiger partial charge in [-0.25, -0.2) is 0 Å². The molecule has 0 aliphatic rings. The summed E-state index contributed by atoms with van der Waals surface area (Å²) in [6.45, 7) is 3.96. The molecular weight excluding hydrogens is 402 g/mol. The van der Waals surface area contributed by atoms with Gasteiger partial charge in [-0.15, -0.1) is 0 Å². The van der Waals surface area contributed by atoms with Crippen molar-refractivity contribution in [2.75, 3.05) is 26.8 Å². The van der Waals surface area contributed by atoms with Gasteiger partial charge in [0, 0.05) is 25.2 Å². The Kier molecular flexibility index (Phi) is 8.80. The second-order valence-corrected chi connectivity index (χ2v) is 6.77. The van der Waals surface area contributed by atoms with Crippen LogP contribution < -0.4 is 14.8 Å². The molecule has 0 saturated carbocycles. The highest BCUT2D eigenvalue weighted by Gasteiger charge is 2.26. The third-order valence-electron chi connectivity index (χ3n) is 4.71. The lowest BCUT2D eigenvalue weighted by molar-refractivity contribution is -0.385. The van der Waals surface area contributed by atoms with Crippen LogP contribution in [0.1, 0.15) is 19.4 Å². The van der Waals surface area contributed by atoms with E-state index >= 15 is 0 Å². The standard InChI is InChI=1S/C22H27N3O6/c1-4-23-22(27)16(2)24(13-12-17-8-6-5-7-9-17)21(26)15-31-18-10-11-19(25(28)29)20(14-18)30-3/h5-11,14,16H,4,12-13,15H2,1-3H3,(H,23,27). The van der Waals surface area contributed by atoms with Crippen molar-refractivity contribution in [2.24, 2.45) is 0 Å². The molecule has 31 heavy (non-hydrogen) atoms. The summed E-state index contributed by atoms with van der Waals surface area (Å²) >= 11 is 0. The molecular formula is C22H27N3O6. The zero-order chi connectivity index (χ0) is 22.8. The van der Waals surface area contributed by atoms with Crippen LogP contribution in [0.5, 0.6) is 11.5 Å². The van der Waals surface area contributed by atoms with E-state index in [1.165, 1.54) is 30.2 Å². The minimum atomic E-state index is -0.675. The second kappa shape index (κ2) is 11.5. The number of hydrogen-bond acceptors (Lipinski definition) is 6. The average molecular weight is 429 g/mol. The SMILES string of the molecule is CCNC(=O)C(C)N(CCc1ccccc1)C(=O)COc1ccc([N+](=O)[O-])c(OC)c1. The number of carbonyl (C=O) groups is 2. The van der Waals surface area contributed by atoms with Crippen LogP contribution in [0, 0.1) is 10.1 Å². The van der Waals surface area contributed by atoms with Crippen LogP contribution in [-0.2, 0) is 16.0 Å². The van der Waals surface area contributed by atoms with Gasteiger partial charge in [0.15, 0.2) is 6.61 Å². The molecule has 1 unspecified atom stereocenters. The third kappa shape index (κ3) is 6.70. The molecule has 2 amide bonds. The molecule has 0 fully saturated rings. The lowest BCUT2D eigenvalue weighted by Gasteiger charge is -2.28. The summed E-state index contributed by atoms with van der Waals surface area (Å²) in [5.41, 5.74) is 0.847. The van der Waals surface area contributed by atoms with E-state index in [2.05, 4.69) is 5.32 Å². The van der Waals surface area contributed by atoms with Crippen molar-refractivity contribution in [1.29, 1.82) is 0 Å². The number of hydrogen-bond donors (Lipinski definition) is 1. The van der Waals surface area contributed by atoms with E-state index in [1.807, 2.05) is 37.3 Å². The lowest BCUT2D eigenvalue weighted by atomic mass is 10.1. The van der Waals surface area contributed by atoms with E-state index in [0.717, 1.165) is 5.56 Å². The van der Waals surface area contributed by atoms with Crippen molar-refractivity contribution < 1.29 is 24.0 Å². The first-order valence-corrected chi connectivity index (χ1v) is 9.93. The highest BCUT2D eigenvalue weighted by molar-refractivity contribution is 5.87. The summed E-state index contributed by atoms with van der Waals surface area (Å²) in [5, 5.41) is 13.7. The maximum absolute atomic E-state index is 12.9. The van der Waals surface area contributed by atoms with Gasteiger partial charge in [0.25, 0.3) is 5.91 Å². The normalized spacial score (nSPS) is 11.3. The van der Waals surface area contributed by atoms with Crippen molar-refractivity contribution in [2.45, 2.75) is 26.3 Å². The van der Waals surface area contributed by atoms with Gasteiger partial charge in [-0.05, 0) is 31.9 Å². The van der Waals surface area contributed by atoms with E-state index in [0.29, 0.717) is 19.5 Å². The van der Waals surface area contributed by atoms with Crippen molar-refractivity contribution in [3.05, 3.63) is 64.2 Å². The van der Waals surface area contributed by atoms with Gasteiger partial charge in [-0.1, -0.05) is 30.3 Å². The van der Waals surface area contributed by atoms with Crippen molar-refractivity contribution in [3.63, 3.8) is 0 Å². The monoisotopic (exact) mass is 429 g/mol. The van der Waals surface area contributed by atoms with Gasteiger partial charge in [0.1, 0.15) is 11.8 Å². The summed E-state index contributed by atoms with van der Waals surface area (Å²) in [7, 11) is 1.32. The van der Waals surface area contributed by atoms with E-state index in [1.54, 1.807) is 6.92 Å². The van der Waals surface area contributed by atoms with Crippen LogP contribution in [0.2, 0.25) is 0 Å². The number of amides is 2. The number of nitrogens with one attached hydrogen (secondary N) is 1. The average Bonchev–Trinajstić information content (AvgIpc) is 2.78. The largest absolute Gasteiger partial charge is 0.490 e. The first kappa shape index (κ1) is 23.7. The molecule has 0 aromatic heterocycles. The molecule has 0 radical (unpaired) electrons. The summed E-state index contributed by atoms with van der Waals surface area (Å²) in [4.78, 5) is 37.2. The molecule has 2 rings (SSSR count). The second-order valence-electron chi connectivity index (χ2n) is 6.77. The topological polar surface area (TPSA) is 111 Å². The van der Waals surface area contributed by atoms with E-state index in [4.69, 9.17) is 9.47 Å². The Balaban J connectivity index is 2.10. The molecule has 9 nitrogen and oxygen atoms in total. The third-order valence-corrected chi connectivity index (χ3v) is 4.71. The fraction of sp³-hybridized carbons (Fsp3) is 0.364. The Bertz CT molecular complexity index is 903. The molecule has 2 aromatic carbocycles. The minimum Gasteiger partial charge on any atom is -0.490 e. The molecule has 9 heteroatoms. The molecule has 0 spiro atoms. The molecule has 0 aliphatic heterocycles. The number of ether oxygens (including phenoxy) is 2. The van der Waals surface area contributed by atoms with E-state index in [-0.39, 0.29) is 35.6 Å². The lowest BCUT2D eigenvalue weighted by Crippen LogP contribution is -2.50. The van der Waals surface area contributed by atoms with Crippen LogP contribution in [0.4, 0.5) is 5.69 Å². The maximum Gasteiger partial charge on any atom is 0.311 e. The van der Waals surface area contributed by atoms with Crippen LogP contribution in [0.25, 0.3) is 0 Å². The Morgan fingerprint density at radius 3 is 2.52 bits per heavy atom. The number of nitro groups is 1.